The molecule has 2 rings (SSSR count). The van der Waals surface area contributed by atoms with Gasteiger partial charge in [-0.15, -0.1) is 0 Å². The molecule has 2 aliphatic heterocycles. The van der Waals surface area contributed by atoms with E-state index in [9.17, 15) is 0 Å². The summed E-state index contributed by atoms with van der Waals surface area (Å²) in [6, 6.07) is 0.355. The van der Waals surface area contributed by atoms with Crippen LogP contribution < -0.4 is 5.73 Å². The average Bonchev–Trinajstić information content (AvgIpc) is 2.37. The largest absolute Gasteiger partial charge is 0.381 e. The number of nitrogens with two attached hydrogens (primary N) is 1. The standard InChI is InChI=1S/C13H25NO2S/c1-2-11(14)10-17-12-3-6-16-13(9-12)4-7-15-8-5-13/h11-12H,2-10,14H2,1H3. The van der Waals surface area contributed by atoms with Gasteiger partial charge in [0.05, 0.1) is 5.60 Å². The summed E-state index contributed by atoms with van der Waals surface area (Å²) in [6.07, 6.45) is 5.60. The number of rotatable bonds is 4. The van der Waals surface area contributed by atoms with Gasteiger partial charge in [0.15, 0.2) is 0 Å². The van der Waals surface area contributed by atoms with Gasteiger partial charge in [-0.1, -0.05) is 6.92 Å². The van der Waals surface area contributed by atoms with Crippen molar-refractivity contribution < 1.29 is 9.47 Å². The van der Waals surface area contributed by atoms with Crippen LogP contribution in [0.2, 0.25) is 0 Å². The second-order valence-electron chi connectivity index (χ2n) is 5.26. The molecule has 2 unspecified atom stereocenters. The van der Waals surface area contributed by atoms with Gasteiger partial charge in [-0.3, -0.25) is 0 Å². The molecule has 4 heteroatoms. The van der Waals surface area contributed by atoms with Crippen LogP contribution in [0.5, 0.6) is 0 Å². The van der Waals surface area contributed by atoms with Gasteiger partial charge in [-0.2, -0.15) is 11.8 Å². The van der Waals surface area contributed by atoms with E-state index in [0.29, 0.717) is 6.04 Å². The van der Waals surface area contributed by atoms with Crippen molar-refractivity contribution in [1.82, 2.24) is 0 Å². The molecule has 17 heavy (non-hydrogen) atoms. The van der Waals surface area contributed by atoms with Crippen LogP contribution >= 0.6 is 11.8 Å². The van der Waals surface area contributed by atoms with Crippen molar-refractivity contribution in [3.8, 4) is 0 Å². The Kier molecular flexibility index (Phi) is 5.15. The summed E-state index contributed by atoms with van der Waals surface area (Å²) in [5.41, 5.74) is 6.12. The highest BCUT2D eigenvalue weighted by atomic mass is 32.2. The molecule has 1 spiro atoms. The first-order chi connectivity index (χ1) is 8.24. The highest BCUT2D eigenvalue weighted by Gasteiger charge is 2.39. The van der Waals surface area contributed by atoms with Gasteiger partial charge in [0.1, 0.15) is 0 Å². The van der Waals surface area contributed by atoms with Crippen LogP contribution in [0.4, 0.5) is 0 Å². The second-order valence-corrected chi connectivity index (χ2v) is 6.59. The molecule has 0 aromatic carbocycles. The van der Waals surface area contributed by atoms with Crippen LogP contribution in [0.15, 0.2) is 0 Å². The molecule has 0 amide bonds. The molecule has 2 atom stereocenters. The third-order valence-electron chi connectivity index (χ3n) is 3.92. The fraction of sp³-hybridized carbons (Fsp3) is 1.00. The summed E-state index contributed by atoms with van der Waals surface area (Å²) in [5, 5.41) is 0.736. The lowest BCUT2D eigenvalue weighted by Gasteiger charge is -2.43. The van der Waals surface area contributed by atoms with Crippen LogP contribution in [0, 0.1) is 0 Å². The molecule has 100 valence electrons. The zero-order valence-corrected chi connectivity index (χ0v) is 11.6. The Morgan fingerprint density at radius 2 is 2.12 bits per heavy atom. The van der Waals surface area contributed by atoms with Crippen molar-refractivity contribution in [2.45, 2.75) is 55.9 Å². The topological polar surface area (TPSA) is 44.5 Å². The molecule has 0 radical (unpaired) electrons. The Bertz CT molecular complexity index is 226. The van der Waals surface area contributed by atoms with Crippen molar-refractivity contribution in [1.29, 1.82) is 0 Å². The fourth-order valence-corrected chi connectivity index (χ4v) is 4.03. The lowest BCUT2D eigenvalue weighted by molar-refractivity contribution is -0.131. The molecule has 0 saturated carbocycles. The maximum absolute atomic E-state index is 6.05. The molecule has 0 aliphatic carbocycles. The van der Waals surface area contributed by atoms with Gasteiger partial charge >= 0.3 is 0 Å². The van der Waals surface area contributed by atoms with Gasteiger partial charge in [0.25, 0.3) is 0 Å². The SMILES string of the molecule is CCC(N)CSC1CCOC2(CCOCC2)C1. The molecule has 2 saturated heterocycles. The van der Waals surface area contributed by atoms with Gasteiger partial charge in [-0.25, -0.2) is 0 Å². The minimum absolute atomic E-state index is 0.129. The number of hydrogen-bond acceptors (Lipinski definition) is 4. The summed E-state index contributed by atoms with van der Waals surface area (Å²) >= 11 is 2.05. The minimum atomic E-state index is 0.129. The van der Waals surface area contributed by atoms with Crippen LogP contribution in [0.25, 0.3) is 0 Å². The smallest absolute Gasteiger partial charge is 0.0736 e. The van der Waals surface area contributed by atoms with E-state index in [-0.39, 0.29) is 5.60 Å². The first-order valence-corrected chi connectivity index (χ1v) is 7.88. The van der Waals surface area contributed by atoms with Crippen molar-refractivity contribution in [2.75, 3.05) is 25.6 Å². The Hall–Kier alpha value is 0.230. The highest BCUT2D eigenvalue weighted by molar-refractivity contribution is 7.99. The molecule has 3 nitrogen and oxygen atoms in total. The van der Waals surface area contributed by atoms with Crippen molar-refractivity contribution in [3.05, 3.63) is 0 Å². The van der Waals surface area contributed by atoms with Crippen LogP contribution in [-0.4, -0.2) is 42.5 Å². The summed E-state index contributed by atoms with van der Waals surface area (Å²) in [5.74, 6) is 1.09. The lowest BCUT2D eigenvalue weighted by Crippen LogP contribution is -2.45. The van der Waals surface area contributed by atoms with Crippen molar-refractivity contribution in [3.63, 3.8) is 0 Å². The zero-order chi connectivity index (χ0) is 12.1. The monoisotopic (exact) mass is 259 g/mol. The van der Waals surface area contributed by atoms with E-state index in [2.05, 4.69) is 18.7 Å². The van der Waals surface area contributed by atoms with Gasteiger partial charge in [0, 0.05) is 36.9 Å². The Balaban J connectivity index is 1.79. The van der Waals surface area contributed by atoms with Crippen molar-refractivity contribution in [2.24, 2.45) is 5.73 Å². The first-order valence-electron chi connectivity index (χ1n) is 6.83. The first kappa shape index (κ1) is 13.7. The molecule has 0 bridgehead atoms. The third-order valence-corrected chi connectivity index (χ3v) is 5.42. The van der Waals surface area contributed by atoms with Gasteiger partial charge in [-0.05, 0) is 32.1 Å². The van der Waals surface area contributed by atoms with Gasteiger partial charge < -0.3 is 15.2 Å². The van der Waals surface area contributed by atoms with E-state index in [1.54, 1.807) is 0 Å². The molecular formula is C13H25NO2S. The molecule has 2 fully saturated rings. The number of ether oxygens (including phenoxy) is 2. The summed E-state index contributed by atoms with van der Waals surface area (Å²) in [6.45, 7) is 4.81. The minimum Gasteiger partial charge on any atom is -0.381 e. The fourth-order valence-electron chi connectivity index (χ4n) is 2.59. The van der Waals surface area contributed by atoms with E-state index < -0.39 is 0 Å². The molecular weight excluding hydrogens is 234 g/mol. The Morgan fingerprint density at radius 1 is 1.35 bits per heavy atom. The maximum Gasteiger partial charge on any atom is 0.0736 e. The number of thioether (sulfide) groups is 1. The predicted octanol–water partition coefficient (Wildman–Crippen LogP) is 2.19. The van der Waals surface area contributed by atoms with E-state index in [1.807, 2.05) is 0 Å². The third kappa shape index (κ3) is 3.85. The molecule has 2 N–H and O–H groups in total. The van der Waals surface area contributed by atoms with Crippen LogP contribution in [-0.2, 0) is 9.47 Å². The second kappa shape index (κ2) is 6.41. The molecule has 2 aliphatic rings. The number of hydrogen-bond donors (Lipinski definition) is 1. The highest BCUT2D eigenvalue weighted by Crippen LogP contribution is 2.38. The Labute approximate surface area is 109 Å². The quantitative estimate of drug-likeness (QED) is 0.840. The molecule has 0 aromatic rings. The summed E-state index contributed by atoms with van der Waals surface area (Å²) in [7, 11) is 0. The predicted molar refractivity (Wildman–Crippen MR) is 72.5 cm³/mol. The summed E-state index contributed by atoms with van der Waals surface area (Å²) < 4.78 is 11.5. The van der Waals surface area contributed by atoms with Gasteiger partial charge in [0.2, 0.25) is 0 Å². The van der Waals surface area contributed by atoms with E-state index >= 15 is 0 Å². The van der Waals surface area contributed by atoms with Crippen molar-refractivity contribution >= 4 is 11.8 Å². The molecule has 2 heterocycles. The van der Waals surface area contributed by atoms with Crippen LogP contribution in [0.1, 0.15) is 39.0 Å². The van der Waals surface area contributed by atoms with E-state index in [0.717, 1.165) is 50.1 Å². The average molecular weight is 259 g/mol. The van der Waals surface area contributed by atoms with Crippen LogP contribution in [0.3, 0.4) is 0 Å². The maximum atomic E-state index is 6.05. The molecule has 0 aromatic heterocycles. The summed E-state index contributed by atoms with van der Waals surface area (Å²) in [4.78, 5) is 0. The van der Waals surface area contributed by atoms with E-state index in [4.69, 9.17) is 15.2 Å². The normalized spacial score (nSPS) is 30.4. The van der Waals surface area contributed by atoms with E-state index in [1.165, 1.54) is 12.8 Å². The Morgan fingerprint density at radius 3 is 2.82 bits per heavy atom. The lowest BCUT2D eigenvalue weighted by atomic mass is 9.86. The zero-order valence-electron chi connectivity index (χ0n) is 10.8.